The zero-order chi connectivity index (χ0) is 7.82. The maximum absolute atomic E-state index is 5.40. The van der Waals surface area contributed by atoms with E-state index in [1.807, 2.05) is 13.8 Å². The van der Waals surface area contributed by atoms with Gasteiger partial charge < -0.3 is 4.74 Å². The molecule has 1 aliphatic carbocycles. The van der Waals surface area contributed by atoms with Crippen LogP contribution in [0, 0.1) is 0 Å². The molecule has 10 heavy (non-hydrogen) atoms. The monoisotopic (exact) mass is 144 g/mol. The van der Waals surface area contributed by atoms with Crippen molar-refractivity contribution >= 4 is 0 Å². The quantitative estimate of drug-likeness (QED) is 0.579. The molecule has 1 rings (SSSR count). The van der Waals surface area contributed by atoms with E-state index in [-0.39, 0.29) is 0 Å². The van der Waals surface area contributed by atoms with E-state index in [9.17, 15) is 0 Å². The van der Waals surface area contributed by atoms with Crippen molar-refractivity contribution in [3.63, 3.8) is 0 Å². The first kappa shape index (κ1) is 9.96. The minimum atomic E-state index is 0.611. The van der Waals surface area contributed by atoms with Crippen LogP contribution in [0.1, 0.15) is 46.5 Å². The Bertz CT molecular complexity index is 55.7. The van der Waals surface area contributed by atoms with Gasteiger partial charge in [0.2, 0.25) is 0 Å². The molecule has 0 unspecified atom stereocenters. The largest absolute Gasteiger partial charge is 0.379 e. The third-order valence-electron chi connectivity index (χ3n) is 1.70. The van der Waals surface area contributed by atoms with Gasteiger partial charge in [0.25, 0.3) is 0 Å². The number of ether oxygens (including phenoxy) is 1. The lowest BCUT2D eigenvalue weighted by Crippen LogP contribution is -2.05. The standard InChI is InChI=1S/C7H14O.C2H6/c1-2-8-7-5-3-4-6-7;1-2/h7H,2-6H2,1H3;1-2H3. The molecule has 0 aliphatic heterocycles. The average molecular weight is 144 g/mol. The highest BCUT2D eigenvalue weighted by molar-refractivity contribution is 4.65. The molecule has 62 valence electrons. The van der Waals surface area contributed by atoms with Crippen LogP contribution in [0.2, 0.25) is 0 Å². The first-order valence-electron chi connectivity index (χ1n) is 4.55. The fourth-order valence-corrected chi connectivity index (χ4v) is 1.29. The summed E-state index contributed by atoms with van der Waals surface area (Å²) in [5.41, 5.74) is 0. The summed E-state index contributed by atoms with van der Waals surface area (Å²) in [6.07, 6.45) is 5.97. The topological polar surface area (TPSA) is 9.23 Å². The zero-order valence-electron chi connectivity index (χ0n) is 7.52. The van der Waals surface area contributed by atoms with Gasteiger partial charge in [0.15, 0.2) is 0 Å². The van der Waals surface area contributed by atoms with Gasteiger partial charge in [-0.25, -0.2) is 0 Å². The van der Waals surface area contributed by atoms with Crippen LogP contribution in [0.4, 0.5) is 0 Å². The Hall–Kier alpha value is -0.0400. The zero-order valence-corrected chi connectivity index (χ0v) is 7.52. The van der Waals surface area contributed by atoms with Gasteiger partial charge in [-0.05, 0) is 19.8 Å². The summed E-state index contributed by atoms with van der Waals surface area (Å²) in [5.74, 6) is 0. The molecular weight excluding hydrogens is 124 g/mol. The van der Waals surface area contributed by atoms with Crippen molar-refractivity contribution in [1.29, 1.82) is 0 Å². The van der Waals surface area contributed by atoms with Gasteiger partial charge in [-0.15, -0.1) is 0 Å². The molecule has 0 N–H and O–H groups in total. The Morgan fingerprint density at radius 3 is 2.10 bits per heavy atom. The molecule has 1 fully saturated rings. The molecule has 1 nitrogen and oxygen atoms in total. The van der Waals surface area contributed by atoms with E-state index in [2.05, 4.69) is 6.92 Å². The fourth-order valence-electron chi connectivity index (χ4n) is 1.29. The Kier molecular flexibility index (Phi) is 7.04. The van der Waals surface area contributed by atoms with Crippen LogP contribution in [-0.4, -0.2) is 12.7 Å². The molecular formula is C9H20O. The van der Waals surface area contributed by atoms with Crippen LogP contribution in [-0.2, 0) is 4.74 Å². The molecule has 0 amide bonds. The second kappa shape index (κ2) is 7.07. The molecule has 0 aromatic carbocycles. The molecule has 0 heterocycles. The predicted molar refractivity (Wildman–Crippen MR) is 45.2 cm³/mol. The molecule has 0 aromatic heterocycles. The van der Waals surface area contributed by atoms with Gasteiger partial charge in [0.1, 0.15) is 0 Å². The SMILES string of the molecule is CC.CCOC1CCCC1. The van der Waals surface area contributed by atoms with E-state index in [1.54, 1.807) is 0 Å². The Morgan fingerprint density at radius 2 is 1.70 bits per heavy atom. The summed E-state index contributed by atoms with van der Waals surface area (Å²) in [6.45, 7) is 6.96. The predicted octanol–water partition coefficient (Wildman–Crippen LogP) is 2.99. The second-order valence-corrected chi connectivity index (χ2v) is 2.36. The molecule has 0 saturated heterocycles. The highest BCUT2D eigenvalue weighted by atomic mass is 16.5. The molecule has 0 radical (unpaired) electrons. The lowest BCUT2D eigenvalue weighted by molar-refractivity contribution is 0.0685. The summed E-state index contributed by atoms with van der Waals surface area (Å²) in [5, 5.41) is 0. The van der Waals surface area contributed by atoms with Gasteiger partial charge in [0.05, 0.1) is 6.10 Å². The normalized spacial score (nSPS) is 18.3. The Labute approximate surface area is 64.8 Å². The molecule has 0 atom stereocenters. The minimum Gasteiger partial charge on any atom is -0.379 e. The smallest absolute Gasteiger partial charge is 0.0575 e. The van der Waals surface area contributed by atoms with Gasteiger partial charge in [0, 0.05) is 6.61 Å². The summed E-state index contributed by atoms with van der Waals surface area (Å²) in [4.78, 5) is 0. The third kappa shape index (κ3) is 3.89. The summed E-state index contributed by atoms with van der Waals surface area (Å²) in [7, 11) is 0. The lowest BCUT2D eigenvalue weighted by Gasteiger charge is -2.06. The van der Waals surface area contributed by atoms with E-state index in [4.69, 9.17) is 4.74 Å². The summed E-state index contributed by atoms with van der Waals surface area (Å²) >= 11 is 0. The van der Waals surface area contributed by atoms with Gasteiger partial charge in [-0.1, -0.05) is 26.7 Å². The van der Waals surface area contributed by atoms with E-state index in [0.717, 1.165) is 6.61 Å². The first-order valence-corrected chi connectivity index (χ1v) is 4.55. The highest BCUT2D eigenvalue weighted by Gasteiger charge is 2.13. The Morgan fingerprint density at radius 1 is 1.20 bits per heavy atom. The van der Waals surface area contributed by atoms with Gasteiger partial charge >= 0.3 is 0 Å². The molecule has 0 aromatic rings. The third-order valence-corrected chi connectivity index (χ3v) is 1.70. The van der Waals surface area contributed by atoms with Gasteiger partial charge in [-0.2, -0.15) is 0 Å². The van der Waals surface area contributed by atoms with Crippen LogP contribution in [0.5, 0.6) is 0 Å². The average Bonchev–Trinajstić information content (AvgIpc) is 2.46. The molecule has 1 saturated carbocycles. The van der Waals surface area contributed by atoms with Crippen LogP contribution in [0.15, 0.2) is 0 Å². The van der Waals surface area contributed by atoms with Crippen molar-refractivity contribution in [2.75, 3.05) is 6.61 Å². The molecule has 0 spiro atoms. The molecule has 0 bridgehead atoms. The number of hydrogen-bond acceptors (Lipinski definition) is 1. The fraction of sp³-hybridized carbons (Fsp3) is 1.00. The second-order valence-electron chi connectivity index (χ2n) is 2.36. The number of hydrogen-bond donors (Lipinski definition) is 0. The van der Waals surface area contributed by atoms with E-state index < -0.39 is 0 Å². The summed E-state index contributed by atoms with van der Waals surface area (Å²) in [6, 6.07) is 0. The highest BCUT2D eigenvalue weighted by Crippen LogP contribution is 2.20. The van der Waals surface area contributed by atoms with Crippen LogP contribution in [0.25, 0.3) is 0 Å². The molecule has 1 heteroatoms. The maximum atomic E-state index is 5.40. The Balaban J connectivity index is 0.000000371. The molecule has 1 aliphatic rings. The van der Waals surface area contributed by atoms with Crippen molar-refractivity contribution in [3.8, 4) is 0 Å². The van der Waals surface area contributed by atoms with Crippen molar-refractivity contribution in [1.82, 2.24) is 0 Å². The van der Waals surface area contributed by atoms with E-state index >= 15 is 0 Å². The van der Waals surface area contributed by atoms with Crippen LogP contribution >= 0.6 is 0 Å². The first-order chi connectivity index (χ1) is 4.93. The van der Waals surface area contributed by atoms with Crippen molar-refractivity contribution in [3.05, 3.63) is 0 Å². The van der Waals surface area contributed by atoms with Gasteiger partial charge in [-0.3, -0.25) is 0 Å². The van der Waals surface area contributed by atoms with Crippen LogP contribution in [0.3, 0.4) is 0 Å². The van der Waals surface area contributed by atoms with E-state index in [0.29, 0.717) is 6.10 Å². The number of rotatable bonds is 2. The summed E-state index contributed by atoms with van der Waals surface area (Å²) < 4.78 is 5.40. The van der Waals surface area contributed by atoms with Crippen molar-refractivity contribution in [2.45, 2.75) is 52.6 Å². The van der Waals surface area contributed by atoms with E-state index in [1.165, 1.54) is 25.7 Å². The van der Waals surface area contributed by atoms with Crippen molar-refractivity contribution < 1.29 is 4.74 Å². The van der Waals surface area contributed by atoms with Crippen molar-refractivity contribution in [2.24, 2.45) is 0 Å². The maximum Gasteiger partial charge on any atom is 0.0575 e. The van der Waals surface area contributed by atoms with Crippen LogP contribution < -0.4 is 0 Å². The lowest BCUT2D eigenvalue weighted by atomic mass is 10.3. The minimum absolute atomic E-state index is 0.611.